The fraction of sp³-hybridized carbons (Fsp3) is 0.188. The minimum Gasteiger partial charge on any atom is -0.244 e. The molecule has 0 aromatic heterocycles. The van der Waals surface area contributed by atoms with Gasteiger partial charge in [-0.25, -0.2) is 8.60 Å². The van der Waals surface area contributed by atoms with Crippen LogP contribution in [-0.2, 0) is 16.1 Å². The van der Waals surface area contributed by atoms with Crippen LogP contribution in [0, 0.1) is 17.3 Å². The molecule has 2 aromatic carbocycles. The van der Waals surface area contributed by atoms with Crippen LogP contribution in [0.4, 0.5) is 4.39 Å². The highest BCUT2D eigenvalue weighted by atomic mass is 32.2. The van der Waals surface area contributed by atoms with Gasteiger partial charge in [-0.2, -0.15) is 5.26 Å². The molecule has 1 atom stereocenters. The topological polar surface area (TPSA) is 53.2 Å². The van der Waals surface area contributed by atoms with Gasteiger partial charge in [-0.15, -0.1) is 4.36 Å². The quantitative estimate of drug-likeness (QED) is 0.805. The molecule has 0 amide bonds. The number of hydrogen-bond donors (Lipinski definition) is 0. The lowest BCUT2D eigenvalue weighted by molar-refractivity contribution is 0.613. The molecular weight excluding hydrogens is 287 g/mol. The highest BCUT2D eigenvalue weighted by Crippen LogP contribution is 2.24. The maximum atomic E-state index is 13.8. The van der Waals surface area contributed by atoms with Crippen LogP contribution in [0.5, 0.6) is 0 Å². The highest BCUT2D eigenvalue weighted by molar-refractivity contribution is 7.93. The third-order valence-corrected chi connectivity index (χ3v) is 4.85. The standard InChI is InChI=1S/C16H15FN2OS/c1-3-12-4-5-14(10-16(12)17)13-6-8-15(9-7-13)21(2,20)19-11-18/h4-10H,3H2,1-2H3. The third kappa shape index (κ3) is 3.29. The molecule has 0 aliphatic carbocycles. The Morgan fingerprint density at radius 2 is 1.81 bits per heavy atom. The lowest BCUT2D eigenvalue weighted by atomic mass is 10.0. The van der Waals surface area contributed by atoms with Gasteiger partial charge in [0.05, 0.1) is 9.73 Å². The molecule has 108 valence electrons. The van der Waals surface area contributed by atoms with E-state index in [4.69, 9.17) is 5.26 Å². The van der Waals surface area contributed by atoms with E-state index < -0.39 is 9.73 Å². The van der Waals surface area contributed by atoms with Crippen LogP contribution in [-0.4, -0.2) is 10.5 Å². The minimum absolute atomic E-state index is 0.224. The first-order chi connectivity index (χ1) is 9.97. The molecule has 0 heterocycles. The van der Waals surface area contributed by atoms with E-state index in [1.165, 1.54) is 12.3 Å². The fourth-order valence-corrected chi connectivity index (χ4v) is 2.95. The lowest BCUT2D eigenvalue weighted by Gasteiger charge is -2.07. The summed E-state index contributed by atoms with van der Waals surface area (Å²) < 4.78 is 29.4. The van der Waals surface area contributed by atoms with E-state index in [0.717, 1.165) is 11.1 Å². The number of benzene rings is 2. The molecule has 5 heteroatoms. The van der Waals surface area contributed by atoms with Gasteiger partial charge in [0.1, 0.15) is 5.82 Å². The average molecular weight is 302 g/mol. The van der Waals surface area contributed by atoms with E-state index in [2.05, 4.69) is 4.36 Å². The first-order valence-corrected chi connectivity index (χ1v) is 8.39. The van der Waals surface area contributed by atoms with E-state index in [-0.39, 0.29) is 5.82 Å². The van der Waals surface area contributed by atoms with Crippen LogP contribution < -0.4 is 0 Å². The maximum Gasteiger partial charge on any atom is 0.214 e. The molecule has 0 N–H and O–H groups in total. The molecule has 0 spiro atoms. The van der Waals surface area contributed by atoms with Crippen molar-refractivity contribution in [1.82, 2.24) is 0 Å². The van der Waals surface area contributed by atoms with E-state index >= 15 is 0 Å². The highest BCUT2D eigenvalue weighted by Gasteiger charge is 2.08. The smallest absolute Gasteiger partial charge is 0.214 e. The second-order valence-corrected chi connectivity index (χ2v) is 6.94. The Morgan fingerprint density at radius 1 is 1.19 bits per heavy atom. The van der Waals surface area contributed by atoms with Crippen LogP contribution in [0.3, 0.4) is 0 Å². The van der Waals surface area contributed by atoms with Crippen molar-refractivity contribution in [2.45, 2.75) is 18.2 Å². The normalized spacial score (nSPS) is 13.2. The molecule has 3 nitrogen and oxygen atoms in total. The summed E-state index contributed by atoms with van der Waals surface area (Å²) in [7, 11) is -2.69. The zero-order chi connectivity index (χ0) is 15.5. The summed E-state index contributed by atoms with van der Waals surface area (Å²) in [6.07, 6.45) is 3.64. The van der Waals surface area contributed by atoms with Crippen LogP contribution in [0.1, 0.15) is 12.5 Å². The van der Waals surface area contributed by atoms with Crippen molar-refractivity contribution in [2.24, 2.45) is 4.36 Å². The number of halogens is 1. The van der Waals surface area contributed by atoms with Gasteiger partial charge in [0.15, 0.2) is 0 Å². The van der Waals surface area contributed by atoms with Gasteiger partial charge in [-0.3, -0.25) is 0 Å². The summed E-state index contributed by atoms with van der Waals surface area (Å²) in [6, 6.07) is 12.0. The van der Waals surface area contributed by atoms with Crippen molar-refractivity contribution in [3.63, 3.8) is 0 Å². The molecule has 0 saturated carbocycles. The molecule has 2 aromatic rings. The van der Waals surface area contributed by atoms with E-state index in [0.29, 0.717) is 16.9 Å². The van der Waals surface area contributed by atoms with Crippen molar-refractivity contribution < 1.29 is 8.60 Å². The first-order valence-electron chi connectivity index (χ1n) is 6.47. The monoisotopic (exact) mass is 302 g/mol. The number of aryl methyl sites for hydroxylation is 1. The van der Waals surface area contributed by atoms with Gasteiger partial charge in [0.25, 0.3) is 0 Å². The average Bonchev–Trinajstić information content (AvgIpc) is 2.47. The summed E-state index contributed by atoms with van der Waals surface area (Å²) in [4.78, 5) is 0.485. The number of nitriles is 1. The van der Waals surface area contributed by atoms with Crippen molar-refractivity contribution in [1.29, 1.82) is 5.26 Å². The van der Waals surface area contributed by atoms with Gasteiger partial charge in [0.2, 0.25) is 6.19 Å². The zero-order valence-corrected chi connectivity index (χ0v) is 12.7. The molecule has 0 bridgehead atoms. The summed E-state index contributed by atoms with van der Waals surface area (Å²) in [6.45, 7) is 1.91. The van der Waals surface area contributed by atoms with Gasteiger partial charge in [0, 0.05) is 11.2 Å². The molecule has 0 aliphatic heterocycles. The van der Waals surface area contributed by atoms with E-state index in [9.17, 15) is 8.60 Å². The van der Waals surface area contributed by atoms with Crippen LogP contribution in [0.25, 0.3) is 11.1 Å². The second-order valence-electron chi connectivity index (χ2n) is 4.68. The number of hydrogen-bond acceptors (Lipinski definition) is 3. The summed E-state index contributed by atoms with van der Waals surface area (Å²) in [5.74, 6) is -0.224. The Morgan fingerprint density at radius 3 is 2.33 bits per heavy atom. The number of rotatable bonds is 3. The molecule has 0 saturated heterocycles. The summed E-state index contributed by atoms with van der Waals surface area (Å²) >= 11 is 0. The molecule has 0 radical (unpaired) electrons. The maximum absolute atomic E-state index is 13.8. The zero-order valence-electron chi connectivity index (χ0n) is 11.8. The minimum atomic E-state index is -2.69. The lowest BCUT2D eigenvalue weighted by Crippen LogP contribution is -1.96. The van der Waals surface area contributed by atoms with Gasteiger partial charge in [-0.05, 0) is 41.3 Å². The van der Waals surface area contributed by atoms with Crippen LogP contribution in [0.15, 0.2) is 51.7 Å². The third-order valence-electron chi connectivity index (χ3n) is 3.27. The largest absolute Gasteiger partial charge is 0.244 e. The SMILES string of the molecule is CCc1ccc(-c2ccc(S(C)(=O)=NC#N)cc2)cc1F. The summed E-state index contributed by atoms with van der Waals surface area (Å²) in [5, 5.41) is 8.54. The summed E-state index contributed by atoms with van der Waals surface area (Å²) in [5.41, 5.74) is 2.27. The molecule has 0 fully saturated rings. The first kappa shape index (κ1) is 15.2. The Hall–Kier alpha value is -2.19. The van der Waals surface area contributed by atoms with Crippen molar-refractivity contribution in [3.8, 4) is 17.3 Å². The Bertz CT molecular complexity index is 813. The second kappa shape index (κ2) is 6.06. The van der Waals surface area contributed by atoms with Crippen LogP contribution >= 0.6 is 0 Å². The Labute approximate surface area is 124 Å². The molecule has 1 unspecified atom stereocenters. The molecular formula is C16H15FN2OS. The van der Waals surface area contributed by atoms with Gasteiger partial charge in [-0.1, -0.05) is 31.2 Å². The van der Waals surface area contributed by atoms with Crippen LogP contribution in [0.2, 0.25) is 0 Å². The Balaban J connectivity index is 2.41. The Kier molecular flexibility index (Phi) is 4.39. The van der Waals surface area contributed by atoms with Gasteiger partial charge < -0.3 is 0 Å². The van der Waals surface area contributed by atoms with E-state index in [1.54, 1.807) is 36.5 Å². The van der Waals surface area contributed by atoms with Crippen molar-refractivity contribution in [3.05, 3.63) is 53.8 Å². The number of nitrogens with zero attached hydrogens (tertiary/aromatic N) is 2. The molecule has 0 aliphatic rings. The van der Waals surface area contributed by atoms with Crippen molar-refractivity contribution in [2.75, 3.05) is 6.26 Å². The van der Waals surface area contributed by atoms with Gasteiger partial charge >= 0.3 is 0 Å². The molecule has 21 heavy (non-hydrogen) atoms. The predicted molar refractivity (Wildman–Crippen MR) is 81.6 cm³/mol. The predicted octanol–water partition coefficient (Wildman–Crippen LogP) is 3.99. The van der Waals surface area contributed by atoms with E-state index in [1.807, 2.05) is 13.0 Å². The molecule has 2 rings (SSSR count). The van der Waals surface area contributed by atoms with Crippen molar-refractivity contribution >= 4 is 9.73 Å². The fourth-order valence-electron chi connectivity index (χ4n) is 2.04.